The fourth-order valence-electron chi connectivity index (χ4n) is 7.38. The second kappa shape index (κ2) is 28.4. The molecule has 2 amide bonds. The number of hydrogen-bond acceptors (Lipinski definition) is 21. The van der Waals surface area contributed by atoms with Gasteiger partial charge in [0.05, 0.1) is 29.0 Å². The Kier molecular flexibility index (Phi) is 22.7. The van der Waals surface area contributed by atoms with Crippen LogP contribution in [0.4, 0.5) is 16.3 Å². The number of fused-ring (bicyclic) bond motifs is 2. The van der Waals surface area contributed by atoms with E-state index in [-0.39, 0.29) is 41.2 Å². The van der Waals surface area contributed by atoms with Gasteiger partial charge in [-0.25, -0.2) is 28.1 Å². The number of phosphoric ester groups is 1. The third kappa shape index (κ3) is 18.5. The summed E-state index contributed by atoms with van der Waals surface area (Å²) in [5, 5.41) is 27.9. The minimum absolute atomic E-state index is 0.0338. The molecule has 1 aliphatic carbocycles. The monoisotopic (exact) mass is 1220 g/mol. The number of rotatable bonds is 28. The van der Waals surface area contributed by atoms with E-state index in [9.17, 15) is 43.0 Å². The van der Waals surface area contributed by atoms with Crippen molar-refractivity contribution in [2.75, 3.05) is 61.1 Å². The fraction of sp³-hybridized carbons (Fsp3) is 0.356. The number of carboxylic acids is 1. The second-order valence-electron chi connectivity index (χ2n) is 16.5. The molecule has 3 aliphatic rings. The number of phosphoric acid groups is 3. The van der Waals surface area contributed by atoms with E-state index in [2.05, 4.69) is 48.0 Å². The van der Waals surface area contributed by atoms with Gasteiger partial charge in [-0.05, 0) is 83.7 Å². The second-order valence-corrected chi connectivity index (χ2v) is 26.5. The molecule has 0 spiro atoms. The van der Waals surface area contributed by atoms with Gasteiger partial charge in [-0.1, -0.05) is 62.5 Å². The van der Waals surface area contributed by atoms with Gasteiger partial charge < -0.3 is 76.1 Å². The summed E-state index contributed by atoms with van der Waals surface area (Å²) in [7, 11) is -14.7. The van der Waals surface area contributed by atoms with Crippen LogP contribution in [0.5, 0.6) is 0 Å². The van der Waals surface area contributed by atoms with Crippen LogP contribution in [-0.4, -0.2) is 108 Å². The predicted octanol–water partition coefficient (Wildman–Crippen LogP) is 5.57. The number of nitrogen functional groups attached to an aromatic ring is 2. The van der Waals surface area contributed by atoms with Crippen LogP contribution in [0.15, 0.2) is 76.6 Å². The highest BCUT2D eigenvalue weighted by Gasteiger charge is 2.47. The van der Waals surface area contributed by atoms with E-state index in [0.29, 0.717) is 88.2 Å². The van der Waals surface area contributed by atoms with Gasteiger partial charge in [0.2, 0.25) is 0 Å². The zero-order valence-electron chi connectivity index (χ0n) is 41.3. The first-order valence-electron chi connectivity index (χ1n) is 23.2. The Morgan fingerprint density at radius 3 is 2.51 bits per heavy atom. The van der Waals surface area contributed by atoms with Crippen LogP contribution in [0.25, 0.3) is 39.1 Å². The van der Waals surface area contributed by atoms with Gasteiger partial charge in [-0.2, -0.15) is 13.6 Å². The van der Waals surface area contributed by atoms with Crippen molar-refractivity contribution in [2.24, 2.45) is 0 Å². The number of hydrogen-bond donors (Lipinski definition) is 11. The SMILES string of the molecule is C=C(NCCSSCOCCCCCNC(=O)NCC#Cc1cn([C@H]2CC(OCS(=S)CC)[C@@H](OP(=O)(O)OP(=O)(O)OP(=O)(O)O)O2)c(=O)nc1N)c1ccc(C(=O)O)c(-c2c3ccc(=N)cc-3oc3cc(N)ccc23)c1. The molecule has 2 aromatic carbocycles. The van der Waals surface area contributed by atoms with Crippen molar-refractivity contribution < 1.29 is 79.7 Å². The number of urea groups is 1. The summed E-state index contributed by atoms with van der Waals surface area (Å²) in [4.78, 5) is 78.9. The van der Waals surface area contributed by atoms with E-state index >= 15 is 0 Å². The van der Waals surface area contributed by atoms with Gasteiger partial charge in [0.25, 0.3) is 0 Å². The Bertz CT molecular complexity index is 3340. The molecule has 422 valence electrons. The molecule has 0 bridgehead atoms. The molecule has 2 aliphatic heterocycles. The van der Waals surface area contributed by atoms with Crippen LogP contribution >= 0.6 is 45.1 Å². The molecule has 4 unspecified atom stereocenters. The molecule has 3 aromatic rings. The number of aromatic nitrogens is 2. The fourth-order valence-corrected chi connectivity index (χ4v) is 12.7. The lowest BCUT2D eigenvalue weighted by Crippen LogP contribution is -2.36. The first kappa shape index (κ1) is 62.2. The Balaban J connectivity index is 0.875. The molecule has 6 rings (SSSR count). The summed E-state index contributed by atoms with van der Waals surface area (Å²) in [5.41, 5.74) is 15.2. The smallest absolute Gasteiger partial charge is 0.478 e. The molecule has 3 heterocycles. The third-order valence-corrected chi connectivity index (χ3v) is 18.8. The largest absolute Gasteiger partial charge is 0.490 e. The van der Waals surface area contributed by atoms with Crippen LogP contribution in [-0.2, 0) is 61.7 Å². The highest BCUT2D eigenvalue weighted by atomic mass is 33.1. The number of anilines is 2. The summed E-state index contributed by atoms with van der Waals surface area (Å²) in [6.07, 6.45) is -1.24. The Morgan fingerprint density at radius 2 is 1.77 bits per heavy atom. The van der Waals surface area contributed by atoms with Gasteiger partial charge in [0.1, 0.15) is 35.4 Å². The number of unbranched alkanes of at least 4 members (excludes halogenated alkanes) is 2. The molecule has 1 fully saturated rings. The van der Waals surface area contributed by atoms with Gasteiger partial charge in [0.15, 0.2) is 6.29 Å². The minimum Gasteiger partial charge on any atom is -0.478 e. The maximum atomic E-state index is 12.9. The van der Waals surface area contributed by atoms with E-state index in [1.807, 2.05) is 0 Å². The molecule has 6 atom stereocenters. The molecule has 1 saturated heterocycles. The van der Waals surface area contributed by atoms with Crippen molar-refractivity contribution in [1.29, 1.82) is 5.41 Å². The average Bonchev–Trinajstić information content (AvgIpc) is 3.85. The van der Waals surface area contributed by atoms with Crippen LogP contribution in [0.1, 0.15) is 60.3 Å². The van der Waals surface area contributed by atoms with Crippen molar-refractivity contribution in [3.05, 3.63) is 99.9 Å². The van der Waals surface area contributed by atoms with Gasteiger partial charge in [-0.3, -0.25) is 9.09 Å². The number of aromatic carboxylic acids is 1. The maximum absolute atomic E-state index is 12.9. The molecule has 0 saturated carbocycles. The highest BCUT2D eigenvalue weighted by Crippen LogP contribution is 2.67. The van der Waals surface area contributed by atoms with E-state index in [4.69, 9.17) is 61.0 Å². The highest BCUT2D eigenvalue weighted by molar-refractivity contribution is 8.76. The summed E-state index contributed by atoms with van der Waals surface area (Å²) in [5.74, 6) is 6.12. The predicted molar refractivity (Wildman–Crippen MR) is 297 cm³/mol. The van der Waals surface area contributed by atoms with E-state index in [1.165, 1.54) is 6.20 Å². The molecular formula is C45H55N8O18P3S4. The molecule has 78 heavy (non-hydrogen) atoms. The number of ether oxygens (including phenoxy) is 3. The molecule has 1 aromatic heterocycles. The summed E-state index contributed by atoms with van der Waals surface area (Å²) < 4.78 is 72.1. The van der Waals surface area contributed by atoms with Crippen LogP contribution in [0, 0.1) is 17.3 Å². The lowest BCUT2D eigenvalue weighted by Gasteiger charge is -2.22. The molecule has 33 heteroatoms. The quantitative estimate of drug-likeness (QED) is 0.00554. The minimum atomic E-state index is -5.86. The van der Waals surface area contributed by atoms with E-state index in [0.717, 1.165) is 23.2 Å². The van der Waals surface area contributed by atoms with E-state index < -0.39 is 69.2 Å². The zero-order valence-corrected chi connectivity index (χ0v) is 47.2. The van der Waals surface area contributed by atoms with Gasteiger partial charge >= 0.3 is 41.2 Å². The normalized spacial score (nSPS) is 17.4. The number of carbonyl (C=O) groups excluding carboxylic acids is 1. The summed E-state index contributed by atoms with van der Waals surface area (Å²) >= 11 is 5.27. The third-order valence-electron chi connectivity index (χ3n) is 10.9. The number of nitrogens with zero attached hydrogens (tertiary/aromatic N) is 2. The first-order valence-corrected chi connectivity index (χ1v) is 32.7. The number of carbonyl (C=O) groups is 2. The van der Waals surface area contributed by atoms with Crippen LogP contribution < -0.4 is 38.5 Å². The Hall–Kier alpha value is -4.99. The average molecular weight is 1220 g/mol. The van der Waals surface area contributed by atoms with Crippen molar-refractivity contribution >= 4 is 106 Å². The summed E-state index contributed by atoms with van der Waals surface area (Å²) in [6, 6.07) is 14.7. The number of benzene rings is 3. The topological polar surface area (TPSA) is 402 Å². The summed E-state index contributed by atoms with van der Waals surface area (Å²) in [6.45, 7) is 7.36. The number of nitrogens with two attached hydrogens (primary N) is 2. The molecular weight excluding hydrogens is 1160 g/mol. The standard InChI is InChI=1S/C45H55N8O18P3S4/c1-3-78(75)26-66-38-23-39(68-43(38)69-73(61,62)71-74(63,64)70-72(58,59)60)53-24-29(41(48)52-45(53)57)8-7-16-51-44(56)50-15-5-4-6-18-65-25-77-76-19-17-49-27(2)28-9-12-32(42(54)55)35(20-28)40-33-13-10-30(46)21-36(33)67-37-22-31(47)11-14-34(37)40/h9-14,20-22,24,38-39,43,46,49H,2-6,15-19,23,25-26,47H2,1H3,(H,54,55)(H,61,62)(H,63,64)(H2,48,52,57)(H2,50,51,56)(H2,58,59,60)/t38?,39-,43-,78?/m1/s1. The molecule has 13 N–H and O–H groups in total. The van der Waals surface area contributed by atoms with Crippen LogP contribution in [0.2, 0.25) is 0 Å². The zero-order chi connectivity index (χ0) is 56.8. The number of nitrogens with one attached hydrogen (secondary N) is 4. The lowest BCUT2D eigenvalue weighted by atomic mass is 9.89. The Morgan fingerprint density at radius 1 is 0.987 bits per heavy atom. The maximum Gasteiger partial charge on any atom is 0.490 e. The molecule has 0 radical (unpaired) electrons. The van der Waals surface area contributed by atoms with Gasteiger partial charge in [-0.15, -0.1) is 0 Å². The number of amides is 2. The lowest BCUT2D eigenvalue weighted by molar-refractivity contribution is -0.141. The van der Waals surface area contributed by atoms with Gasteiger partial charge in [0, 0.05) is 78.1 Å². The Labute approximate surface area is 460 Å². The number of carboxylic acid groups (broad SMARTS) is 1. The van der Waals surface area contributed by atoms with E-state index in [1.54, 1.807) is 83.1 Å². The van der Waals surface area contributed by atoms with Crippen molar-refractivity contribution in [3.63, 3.8) is 0 Å². The first-order chi connectivity index (χ1) is 36.9. The van der Waals surface area contributed by atoms with Crippen molar-refractivity contribution in [3.8, 4) is 34.3 Å². The van der Waals surface area contributed by atoms with Crippen LogP contribution in [0.3, 0.4) is 0 Å². The van der Waals surface area contributed by atoms with Crippen molar-refractivity contribution in [1.82, 2.24) is 25.5 Å². The molecule has 26 nitrogen and oxygen atoms in total. The van der Waals surface area contributed by atoms with Crippen molar-refractivity contribution in [2.45, 2.75) is 51.2 Å².